The number of aromatic nitrogens is 2. The van der Waals surface area contributed by atoms with E-state index in [1.165, 1.54) is 0 Å². The highest BCUT2D eigenvalue weighted by Crippen LogP contribution is 2.36. The molecule has 1 aromatic heterocycles. The topological polar surface area (TPSA) is 56.3 Å². The molecule has 0 amide bonds. The van der Waals surface area contributed by atoms with E-state index in [9.17, 15) is 0 Å². The van der Waals surface area contributed by atoms with Crippen LogP contribution in [0.15, 0.2) is 34.9 Å². The summed E-state index contributed by atoms with van der Waals surface area (Å²) in [5.74, 6) is 1.41. The van der Waals surface area contributed by atoms with Crippen molar-refractivity contribution in [2.24, 2.45) is 0 Å². The number of halogens is 1. The molecule has 2 rings (SSSR count). The summed E-state index contributed by atoms with van der Waals surface area (Å²) in [7, 11) is 3.25. The molecule has 0 radical (unpaired) electrons. The highest BCUT2D eigenvalue weighted by Gasteiger charge is 2.10. The summed E-state index contributed by atoms with van der Waals surface area (Å²) in [5, 5.41) is 11.2. The lowest BCUT2D eigenvalue weighted by molar-refractivity contribution is 0.352. The van der Waals surface area contributed by atoms with Crippen LogP contribution in [-0.4, -0.2) is 24.4 Å². The van der Waals surface area contributed by atoms with Crippen molar-refractivity contribution in [3.63, 3.8) is 0 Å². The Morgan fingerprint density at radius 1 is 1.20 bits per heavy atom. The SMILES string of the molecule is COc1cc(CNCc2cccnn2)cc(Br)c1OC. The van der Waals surface area contributed by atoms with Crippen molar-refractivity contribution in [2.45, 2.75) is 13.1 Å². The van der Waals surface area contributed by atoms with Gasteiger partial charge in [0.15, 0.2) is 11.5 Å². The molecule has 6 heteroatoms. The molecule has 20 heavy (non-hydrogen) atoms. The summed E-state index contributed by atoms with van der Waals surface area (Å²) < 4.78 is 11.5. The molecule has 2 aromatic rings. The minimum atomic E-state index is 0.666. The first-order chi connectivity index (χ1) is 9.74. The first-order valence-corrected chi connectivity index (χ1v) is 6.91. The average Bonchev–Trinajstić information content (AvgIpc) is 2.47. The van der Waals surface area contributed by atoms with Crippen molar-refractivity contribution in [2.75, 3.05) is 14.2 Å². The van der Waals surface area contributed by atoms with Gasteiger partial charge in [-0.25, -0.2) is 0 Å². The second kappa shape index (κ2) is 7.21. The molecular formula is C14H16BrN3O2. The molecule has 1 heterocycles. The number of nitrogens with zero attached hydrogens (tertiary/aromatic N) is 2. The van der Waals surface area contributed by atoms with Crippen LogP contribution >= 0.6 is 15.9 Å². The Balaban J connectivity index is 2.01. The highest BCUT2D eigenvalue weighted by molar-refractivity contribution is 9.10. The molecule has 0 saturated carbocycles. The van der Waals surface area contributed by atoms with E-state index in [0.29, 0.717) is 24.6 Å². The maximum absolute atomic E-state index is 5.32. The molecule has 0 aliphatic carbocycles. The van der Waals surface area contributed by atoms with Crippen molar-refractivity contribution >= 4 is 15.9 Å². The first kappa shape index (κ1) is 14.7. The number of nitrogens with one attached hydrogen (secondary N) is 1. The van der Waals surface area contributed by atoms with Crippen LogP contribution in [0, 0.1) is 0 Å². The predicted molar refractivity (Wildman–Crippen MR) is 79.8 cm³/mol. The van der Waals surface area contributed by atoms with Crippen LogP contribution in [0.3, 0.4) is 0 Å². The molecule has 106 valence electrons. The lowest BCUT2D eigenvalue weighted by atomic mass is 10.2. The molecule has 0 fully saturated rings. The molecule has 0 aliphatic rings. The zero-order chi connectivity index (χ0) is 14.4. The maximum atomic E-state index is 5.32. The van der Waals surface area contributed by atoms with E-state index in [4.69, 9.17) is 9.47 Å². The van der Waals surface area contributed by atoms with Crippen molar-refractivity contribution in [3.8, 4) is 11.5 Å². The largest absolute Gasteiger partial charge is 0.493 e. The Morgan fingerprint density at radius 3 is 2.70 bits per heavy atom. The molecule has 1 N–H and O–H groups in total. The second-order valence-corrected chi connectivity index (χ2v) is 4.99. The van der Waals surface area contributed by atoms with Crippen molar-refractivity contribution in [1.82, 2.24) is 15.5 Å². The Labute approximate surface area is 126 Å². The molecule has 0 atom stereocenters. The van der Waals surface area contributed by atoms with Gasteiger partial charge in [0, 0.05) is 19.3 Å². The van der Waals surface area contributed by atoms with Crippen molar-refractivity contribution in [1.29, 1.82) is 0 Å². The average molecular weight is 338 g/mol. The summed E-state index contributed by atoms with van der Waals surface area (Å²) in [6, 6.07) is 7.76. The fraction of sp³-hybridized carbons (Fsp3) is 0.286. The van der Waals surface area contributed by atoms with Crippen LogP contribution in [0.2, 0.25) is 0 Å². The Morgan fingerprint density at radius 2 is 2.05 bits per heavy atom. The van der Waals surface area contributed by atoms with E-state index in [1.807, 2.05) is 24.3 Å². The fourth-order valence-corrected chi connectivity index (χ4v) is 2.49. The molecular weight excluding hydrogens is 322 g/mol. The maximum Gasteiger partial charge on any atom is 0.174 e. The second-order valence-electron chi connectivity index (χ2n) is 4.13. The molecule has 5 nitrogen and oxygen atoms in total. The van der Waals surface area contributed by atoms with Gasteiger partial charge in [-0.15, -0.1) is 0 Å². The molecule has 0 unspecified atom stereocenters. The third kappa shape index (κ3) is 3.68. The molecule has 1 aromatic carbocycles. The number of ether oxygens (including phenoxy) is 2. The van der Waals surface area contributed by atoms with Gasteiger partial charge < -0.3 is 14.8 Å². The van der Waals surface area contributed by atoms with Gasteiger partial charge in [0.05, 0.1) is 24.4 Å². The van der Waals surface area contributed by atoms with E-state index < -0.39 is 0 Å². The van der Waals surface area contributed by atoms with Crippen LogP contribution < -0.4 is 14.8 Å². The summed E-state index contributed by atoms with van der Waals surface area (Å²) in [6.07, 6.45) is 1.66. The van der Waals surface area contributed by atoms with Gasteiger partial charge in [-0.05, 0) is 45.8 Å². The number of rotatable bonds is 6. The van der Waals surface area contributed by atoms with E-state index in [2.05, 4.69) is 31.4 Å². The van der Waals surface area contributed by atoms with E-state index in [1.54, 1.807) is 20.4 Å². The van der Waals surface area contributed by atoms with Crippen LogP contribution in [0.1, 0.15) is 11.3 Å². The molecule has 0 spiro atoms. The van der Waals surface area contributed by atoms with E-state index in [-0.39, 0.29) is 0 Å². The first-order valence-electron chi connectivity index (χ1n) is 6.12. The lowest BCUT2D eigenvalue weighted by Gasteiger charge is -2.12. The summed E-state index contributed by atoms with van der Waals surface area (Å²) >= 11 is 3.48. The summed E-state index contributed by atoms with van der Waals surface area (Å²) in [5.41, 5.74) is 2.01. The molecule has 0 bridgehead atoms. The fourth-order valence-electron chi connectivity index (χ4n) is 1.84. The smallest absolute Gasteiger partial charge is 0.174 e. The Hall–Kier alpha value is -1.66. The molecule has 0 saturated heterocycles. The normalized spacial score (nSPS) is 10.3. The Bertz CT molecular complexity index is 564. The number of benzene rings is 1. The number of methoxy groups -OCH3 is 2. The third-order valence-electron chi connectivity index (χ3n) is 2.76. The Kier molecular flexibility index (Phi) is 5.31. The minimum Gasteiger partial charge on any atom is -0.493 e. The van der Waals surface area contributed by atoms with Gasteiger partial charge in [-0.3, -0.25) is 0 Å². The lowest BCUT2D eigenvalue weighted by Crippen LogP contribution is -2.14. The van der Waals surface area contributed by atoms with E-state index in [0.717, 1.165) is 15.7 Å². The number of hydrogen-bond acceptors (Lipinski definition) is 5. The van der Waals surface area contributed by atoms with E-state index >= 15 is 0 Å². The van der Waals surface area contributed by atoms with Crippen LogP contribution in [0.4, 0.5) is 0 Å². The third-order valence-corrected chi connectivity index (χ3v) is 3.35. The standard InChI is InChI=1S/C14H16BrN3O2/c1-19-13-7-10(6-12(15)14(13)20-2)8-16-9-11-4-3-5-17-18-11/h3-7,16H,8-9H2,1-2H3. The number of hydrogen-bond donors (Lipinski definition) is 1. The van der Waals surface area contributed by atoms with Crippen LogP contribution in [0.25, 0.3) is 0 Å². The van der Waals surface area contributed by atoms with Gasteiger partial charge in [0.25, 0.3) is 0 Å². The summed E-state index contributed by atoms with van der Waals surface area (Å²) in [4.78, 5) is 0. The van der Waals surface area contributed by atoms with Gasteiger partial charge in [0.2, 0.25) is 0 Å². The van der Waals surface area contributed by atoms with Crippen LogP contribution in [-0.2, 0) is 13.1 Å². The van der Waals surface area contributed by atoms with Gasteiger partial charge in [-0.2, -0.15) is 10.2 Å². The highest BCUT2D eigenvalue weighted by atomic mass is 79.9. The van der Waals surface area contributed by atoms with Crippen LogP contribution in [0.5, 0.6) is 11.5 Å². The van der Waals surface area contributed by atoms with Gasteiger partial charge in [0.1, 0.15) is 0 Å². The van der Waals surface area contributed by atoms with Crippen molar-refractivity contribution < 1.29 is 9.47 Å². The molecule has 0 aliphatic heterocycles. The van der Waals surface area contributed by atoms with Gasteiger partial charge >= 0.3 is 0 Å². The summed E-state index contributed by atoms with van der Waals surface area (Å²) in [6.45, 7) is 1.37. The predicted octanol–water partition coefficient (Wildman–Crippen LogP) is 2.55. The zero-order valence-corrected chi connectivity index (χ0v) is 13.0. The van der Waals surface area contributed by atoms with Gasteiger partial charge in [-0.1, -0.05) is 0 Å². The monoisotopic (exact) mass is 337 g/mol. The zero-order valence-electron chi connectivity index (χ0n) is 11.4. The van der Waals surface area contributed by atoms with Crippen molar-refractivity contribution in [3.05, 3.63) is 46.2 Å². The quantitative estimate of drug-likeness (QED) is 0.877. The minimum absolute atomic E-state index is 0.666.